The second kappa shape index (κ2) is 8.66. The van der Waals surface area contributed by atoms with E-state index in [0.29, 0.717) is 5.89 Å². The molecule has 1 atom stereocenters. The van der Waals surface area contributed by atoms with Crippen LogP contribution in [-0.4, -0.2) is 33.9 Å². The van der Waals surface area contributed by atoms with Gasteiger partial charge in [-0.1, -0.05) is 35.9 Å². The van der Waals surface area contributed by atoms with E-state index in [4.69, 9.17) is 4.42 Å². The number of nitrogens with one attached hydrogen (secondary N) is 2. The maximum Gasteiger partial charge on any atom is 0.321 e. The van der Waals surface area contributed by atoms with Crippen LogP contribution in [0, 0.1) is 13.8 Å². The van der Waals surface area contributed by atoms with E-state index in [-0.39, 0.29) is 17.0 Å². The smallest absolute Gasteiger partial charge is 0.321 e. The van der Waals surface area contributed by atoms with Crippen LogP contribution in [0.1, 0.15) is 31.4 Å². The second-order valence-corrected chi connectivity index (χ2v) is 6.80. The lowest BCUT2D eigenvalue weighted by molar-refractivity contribution is -0.117. The van der Waals surface area contributed by atoms with Gasteiger partial charge in [-0.3, -0.25) is 10.1 Å². The van der Waals surface area contributed by atoms with Crippen molar-refractivity contribution >= 4 is 23.7 Å². The molecule has 2 N–H and O–H groups in total. The molecule has 1 heterocycles. The van der Waals surface area contributed by atoms with Gasteiger partial charge in [-0.25, -0.2) is 4.79 Å². The number of imide groups is 1. The summed E-state index contributed by atoms with van der Waals surface area (Å²) < 4.78 is 5.58. The molecule has 25 heavy (non-hydrogen) atoms. The molecule has 0 bridgehead atoms. The van der Waals surface area contributed by atoms with E-state index in [1.165, 1.54) is 0 Å². The van der Waals surface area contributed by atoms with Gasteiger partial charge in [0.2, 0.25) is 11.8 Å². The van der Waals surface area contributed by atoms with Crippen LogP contribution in [0.4, 0.5) is 4.79 Å². The summed E-state index contributed by atoms with van der Waals surface area (Å²) in [6.07, 6.45) is 0.791. The first-order valence-electron chi connectivity index (χ1n) is 8.02. The van der Waals surface area contributed by atoms with Gasteiger partial charge < -0.3 is 9.73 Å². The molecule has 1 aromatic heterocycles. The van der Waals surface area contributed by atoms with Gasteiger partial charge in [-0.2, -0.15) is 0 Å². The second-order valence-electron chi connectivity index (χ2n) is 5.87. The molecule has 2 rings (SSSR count). The number of aromatic nitrogens is 2. The molecule has 134 valence electrons. The van der Waals surface area contributed by atoms with Gasteiger partial charge in [0.05, 0.1) is 5.75 Å². The number of urea groups is 1. The van der Waals surface area contributed by atoms with Crippen molar-refractivity contribution < 1.29 is 14.0 Å². The first-order valence-corrected chi connectivity index (χ1v) is 9.01. The van der Waals surface area contributed by atoms with E-state index < -0.39 is 11.9 Å². The zero-order valence-corrected chi connectivity index (χ0v) is 15.6. The zero-order valence-electron chi connectivity index (χ0n) is 14.8. The lowest BCUT2D eigenvalue weighted by atomic mass is 10.1. The summed E-state index contributed by atoms with van der Waals surface area (Å²) >= 11 is 1.09. The summed E-state index contributed by atoms with van der Waals surface area (Å²) in [6.45, 7) is 7.81. The van der Waals surface area contributed by atoms with Crippen molar-refractivity contribution in [1.29, 1.82) is 0 Å². The Morgan fingerprint density at radius 1 is 1.20 bits per heavy atom. The summed E-state index contributed by atoms with van der Waals surface area (Å²) in [5.41, 5.74) is 3.05. The monoisotopic (exact) mass is 362 g/mol. The largest absolute Gasteiger partial charge is 0.411 e. The normalized spacial score (nSPS) is 11.8. The topological polar surface area (TPSA) is 97.1 Å². The van der Waals surface area contributed by atoms with Gasteiger partial charge in [-0.15, -0.1) is 10.2 Å². The van der Waals surface area contributed by atoms with Crippen molar-refractivity contribution in [3.63, 3.8) is 0 Å². The lowest BCUT2D eigenvalue weighted by Gasteiger charge is -2.11. The first-order chi connectivity index (χ1) is 11.9. The Morgan fingerprint density at radius 3 is 2.52 bits per heavy atom. The van der Waals surface area contributed by atoms with Crippen LogP contribution >= 0.6 is 11.8 Å². The van der Waals surface area contributed by atoms with Gasteiger partial charge in [0.1, 0.15) is 0 Å². The van der Waals surface area contributed by atoms with Crippen LogP contribution < -0.4 is 10.6 Å². The van der Waals surface area contributed by atoms with E-state index in [9.17, 15) is 9.59 Å². The summed E-state index contributed by atoms with van der Waals surface area (Å²) in [7, 11) is 0. The molecule has 1 aromatic carbocycles. The molecule has 7 nitrogen and oxygen atoms in total. The van der Waals surface area contributed by atoms with Crippen molar-refractivity contribution in [2.75, 3.05) is 5.75 Å². The molecular weight excluding hydrogens is 340 g/mol. The molecule has 0 aliphatic heterocycles. The molecule has 0 unspecified atom stereocenters. The third-order valence-corrected chi connectivity index (χ3v) is 4.26. The molecule has 0 fully saturated rings. The molecule has 0 spiro atoms. The highest BCUT2D eigenvalue weighted by Gasteiger charge is 2.14. The molecule has 0 aliphatic carbocycles. The van der Waals surface area contributed by atoms with Gasteiger partial charge >= 0.3 is 6.03 Å². The van der Waals surface area contributed by atoms with E-state index in [0.717, 1.165) is 34.9 Å². The molecular formula is C17H22N4O3S. The Hall–Kier alpha value is -2.35. The van der Waals surface area contributed by atoms with Crippen molar-refractivity contribution in [2.24, 2.45) is 0 Å². The molecule has 8 heteroatoms. The maximum atomic E-state index is 11.8. The minimum atomic E-state index is -0.499. The SMILES string of the molecule is CC[C@@H](C)NC(=O)NC(=O)CSc1nnc(-c2cc(C)cc(C)c2)o1. The Bertz CT molecular complexity index is 740. The number of nitrogens with zero attached hydrogens (tertiary/aromatic N) is 2. The highest BCUT2D eigenvalue weighted by atomic mass is 32.2. The van der Waals surface area contributed by atoms with Crippen molar-refractivity contribution in [3.8, 4) is 11.5 Å². The molecule has 0 saturated heterocycles. The van der Waals surface area contributed by atoms with Crippen molar-refractivity contribution in [3.05, 3.63) is 29.3 Å². The van der Waals surface area contributed by atoms with Crippen LogP contribution in [0.5, 0.6) is 0 Å². The maximum absolute atomic E-state index is 11.8. The molecule has 0 radical (unpaired) electrons. The van der Waals surface area contributed by atoms with Crippen LogP contribution in [-0.2, 0) is 4.79 Å². The molecule has 2 aromatic rings. The Morgan fingerprint density at radius 2 is 1.88 bits per heavy atom. The minimum Gasteiger partial charge on any atom is -0.411 e. The fourth-order valence-corrected chi connectivity index (χ4v) is 2.70. The standard InChI is InChI=1S/C17H22N4O3S/c1-5-12(4)18-16(23)19-14(22)9-25-17-21-20-15(24-17)13-7-10(2)6-11(3)8-13/h6-8,12H,5,9H2,1-4H3,(H2,18,19,22,23)/t12-/m1/s1. The average molecular weight is 362 g/mol. The number of hydrogen-bond acceptors (Lipinski definition) is 6. The van der Waals surface area contributed by atoms with E-state index in [1.54, 1.807) is 0 Å². The van der Waals surface area contributed by atoms with Gasteiger partial charge in [0.15, 0.2) is 0 Å². The number of thioether (sulfide) groups is 1. The van der Waals surface area contributed by atoms with Gasteiger partial charge in [0.25, 0.3) is 5.22 Å². The third kappa shape index (κ3) is 5.90. The number of hydrogen-bond donors (Lipinski definition) is 2. The summed E-state index contributed by atoms with van der Waals surface area (Å²) in [5.74, 6) is 0.00347. The number of carbonyl (C=O) groups is 2. The highest BCUT2D eigenvalue weighted by Crippen LogP contribution is 2.24. The fourth-order valence-electron chi connectivity index (χ4n) is 2.13. The van der Waals surface area contributed by atoms with Crippen LogP contribution in [0.25, 0.3) is 11.5 Å². The predicted molar refractivity (Wildman–Crippen MR) is 96.4 cm³/mol. The van der Waals surface area contributed by atoms with Gasteiger partial charge in [0, 0.05) is 11.6 Å². The minimum absolute atomic E-state index is 0.0109. The summed E-state index contributed by atoms with van der Waals surface area (Å²) in [6, 6.07) is 5.49. The van der Waals surface area contributed by atoms with Crippen molar-refractivity contribution in [2.45, 2.75) is 45.4 Å². The summed E-state index contributed by atoms with van der Waals surface area (Å²) in [4.78, 5) is 23.4. The molecule has 3 amide bonds. The van der Waals surface area contributed by atoms with Crippen LogP contribution in [0.15, 0.2) is 27.8 Å². The lowest BCUT2D eigenvalue weighted by Crippen LogP contribution is -2.43. The average Bonchev–Trinajstić information content (AvgIpc) is 3.00. The van der Waals surface area contributed by atoms with E-state index in [1.807, 2.05) is 39.8 Å². The zero-order chi connectivity index (χ0) is 18.4. The number of carbonyl (C=O) groups excluding carboxylic acids is 2. The van der Waals surface area contributed by atoms with Crippen LogP contribution in [0.3, 0.4) is 0 Å². The first kappa shape index (κ1) is 19.0. The number of aryl methyl sites for hydroxylation is 2. The number of benzene rings is 1. The van der Waals surface area contributed by atoms with E-state index >= 15 is 0 Å². The highest BCUT2D eigenvalue weighted by molar-refractivity contribution is 7.99. The number of rotatable bonds is 6. The third-order valence-electron chi connectivity index (χ3n) is 3.44. The van der Waals surface area contributed by atoms with Crippen LogP contribution in [0.2, 0.25) is 0 Å². The number of amides is 3. The Kier molecular flexibility index (Phi) is 6.58. The van der Waals surface area contributed by atoms with E-state index in [2.05, 4.69) is 26.9 Å². The Balaban J connectivity index is 1.89. The molecule has 0 saturated carbocycles. The van der Waals surface area contributed by atoms with Gasteiger partial charge in [-0.05, 0) is 39.3 Å². The molecule has 0 aliphatic rings. The summed E-state index contributed by atoms with van der Waals surface area (Å²) in [5, 5.41) is 13.2. The quantitative estimate of drug-likeness (QED) is 0.767. The Labute approximate surface area is 151 Å². The van der Waals surface area contributed by atoms with Crippen molar-refractivity contribution in [1.82, 2.24) is 20.8 Å². The fraction of sp³-hybridized carbons (Fsp3) is 0.412. The predicted octanol–water partition coefficient (Wildman–Crippen LogP) is 3.07.